The van der Waals surface area contributed by atoms with Gasteiger partial charge in [-0.1, -0.05) is 44.2 Å². The summed E-state index contributed by atoms with van der Waals surface area (Å²) in [6.07, 6.45) is -2.39. The lowest BCUT2D eigenvalue weighted by molar-refractivity contribution is -0.137. The maximum Gasteiger partial charge on any atom is 0.416 e. The van der Waals surface area contributed by atoms with Gasteiger partial charge in [0.2, 0.25) is 0 Å². The highest BCUT2D eigenvalue weighted by molar-refractivity contribution is 5.69. The van der Waals surface area contributed by atoms with E-state index in [1.807, 2.05) is 14.0 Å². The summed E-state index contributed by atoms with van der Waals surface area (Å²) in [6, 6.07) is 14.0. The lowest BCUT2D eigenvalue weighted by Crippen LogP contribution is -2.19. The van der Waals surface area contributed by atoms with E-state index in [1.165, 1.54) is 22.3 Å². The van der Waals surface area contributed by atoms with Crippen LogP contribution in [0.5, 0.6) is 0 Å². The van der Waals surface area contributed by atoms with Crippen molar-refractivity contribution < 1.29 is 13.2 Å². The third kappa shape index (κ3) is 5.39. The molecule has 0 spiro atoms. The summed E-state index contributed by atoms with van der Waals surface area (Å²) >= 11 is 0. The fourth-order valence-electron chi connectivity index (χ4n) is 4.23. The SMILES string of the molecule is CCc1cccc(CC)c1-c1cc(C)c(CN(C)Cc2ccc(C(F)(F)F)cc2)c(C)n1. The molecule has 170 valence electrons. The Morgan fingerprint density at radius 1 is 0.875 bits per heavy atom. The first-order chi connectivity index (χ1) is 15.1. The molecule has 3 aromatic rings. The van der Waals surface area contributed by atoms with E-state index >= 15 is 0 Å². The highest BCUT2D eigenvalue weighted by Gasteiger charge is 2.29. The molecule has 0 fully saturated rings. The molecule has 1 heterocycles. The van der Waals surface area contributed by atoms with Crippen LogP contribution in [0.3, 0.4) is 0 Å². The van der Waals surface area contributed by atoms with E-state index in [0.29, 0.717) is 13.1 Å². The van der Waals surface area contributed by atoms with Crippen LogP contribution in [-0.4, -0.2) is 16.9 Å². The molecule has 3 rings (SSSR count). The molecule has 2 aromatic carbocycles. The summed E-state index contributed by atoms with van der Waals surface area (Å²) < 4.78 is 38.4. The molecule has 0 saturated heterocycles. The summed E-state index contributed by atoms with van der Waals surface area (Å²) in [5.74, 6) is 0. The van der Waals surface area contributed by atoms with E-state index in [-0.39, 0.29) is 0 Å². The zero-order valence-corrected chi connectivity index (χ0v) is 19.5. The number of hydrogen-bond acceptors (Lipinski definition) is 2. The van der Waals surface area contributed by atoms with E-state index in [9.17, 15) is 13.2 Å². The lowest BCUT2D eigenvalue weighted by atomic mass is 9.93. The minimum Gasteiger partial charge on any atom is -0.298 e. The second-order valence-corrected chi connectivity index (χ2v) is 8.41. The molecule has 0 saturated carbocycles. The van der Waals surface area contributed by atoms with Gasteiger partial charge < -0.3 is 0 Å². The van der Waals surface area contributed by atoms with Crippen LogP contribution in [0, 0.1) is 13.8 Å². The largest absolute Gasteiger partial charge is 0.416 e. The number of benzene rings is 2. The smallest absolute Gasteiger partial charge is 0.298 e. The van der Waals surface area contributed by atoms with Crippen LogP contribution in [0.25, 0.3) is 11.3 Å². The molecular formula is C27H31F3N2. The van der Waals surface area contributed by atoms with Crippen LogP contribution in [0.1, 0.15) is 52.9 Å². The molecule has 0 bridgehead atoms. The minimum absolute atomic E-state index is 0.567. The molecule has 5 heteroatoms. The minimum atomic E-state index is -4.31. The third-order valence-corrected chi connectivity index (χ3v) is 5.97. The van der Waals surface area contributed by atoms with Gasteiger partial charge >= 0.3 is 6.18 Å². The fraction of sp³-hybridized carbons (Fsp3) is 0.370. The van der Waals surface area contributed by atoms with Crippen LogP contribution in [0.15, 0.2) is 48.5 Å². The lowest BCUT2D eigenvalue weighted by Gasteiger charge is -2.21. The molecule has 0 aliphatic heterocycles. The predicted molar refractivity (Wildman–Crippen MR) is 125 cm³/mol. The zero-order valence-electron chi connectivity index (χ0n) is 19.5. The summed E-state index contributed by atoms with van der Waals surface area (Å²) in [7, 11) is 1.98. The Morgan fingerprint density at radius 3 is 1.97 bits per heavy atom. The van der Waals surface area contributed by atoms with Gasteiger partial charge in [-0.15, -0.1) is 0 Å². The Morgan fingerprint density at radius 2 is 1.47 bits per heavy atom. The van der Waals surface area contributed by atoms with Gasteiger partial charge in [0.05, 0.1) is 11.3 Å². The zero-order chi connectivity index (χ0) is 23.5. The van der Waals surface area contributed by atoms with Crippen molar-refractivity contribution in [2.45, 2.75) is 59.8 Å². The maximum absolute atomic E-state index is 12.8. The van der Waals surface area contributed by atoms with Gasteiger partial charge in [-0.05, 0) is 79.8 Å². The monoisotopic (exact) mass is 440 g/mol. The first-order valence-electron chi connectivity index (χ1n) is 11.1. The van der Waals surface area contributed by atoms with E-state index in [2.05, 4.69) is 49.9 Å². The number of halogens is 3. The molecule has 0 atom stereocenters. The molecule has 0 amide bonds. The first-order valence-corrected chi connectivity index (χ1v) is 11.1. The number of alkyl halides is 3. The quantitative estimate of drug-likeness (QED) is 0.388. The maximum atomic E-state index is 12.8. The number of aromatic nitrogens is 1. The second kappa shape index (κ2) is 9.86. The van der Waals surface area contributed by atoms with Gasteiger partial charge in [-0.2, -0.15) is 13.2 Å². The number of hydrogen-bond donors (Lipinski definition) is 0. The highest BCUT2D eigenvalue weighted by Crippen LogP contribution is 2.31. The summed E-state index contributed by atoms with van der Waals surface area (Å²) in [4.78, 5) is 7.08. The van der Waals surface area contributed by atoms with Crippen molar-refractivity contribution in [2.24, 2.45) is 0 Å². The molecule has 1 aromatic heterocycles. The predicted octanol–water partition coefficient (Wildman–Crippen LogP) is 7.14. The Balaban J connectivity index is 1.82. The number of pyridine rings is 1. The molecule has 0 unspecified atom stereocenters. The third-order valence-electron chi connectivity index (χ3n) is 5.97. The van der Waals surface area contributed by atoms with Gasteiger partial charge in [-0.25, -0.2) is 0 Å². The van der Waals surface area contributed by atoms with Gasteiger partial charge in [0.1, 0.15) is 0 Å². The number of nitrogens with zero attached hydrogens (tertiary/aromatic N) is 2. The molecule has 0 aliphatic rings. The Labute approximate surface area is 189 Å². The van der Waals surface area contributed by atoms with Crippen LogP contribution in [0.2, 0.25) is 0 Å². The molecule has 0 aliphatic carbocycles. The van der Waals surface area contributed by atoms with Crippen LogP contribution in [0.4, 0.5) is 13.2 Å². The molecule has 32 heavy (non-hydrogen) atoms. The van der Waals surface area contributed by atoms with Crippen molar-refractivity contribution in [1.82, 2.24) is 9.88 Å². The van der Waals surface area contributed by atoms with Gasteiger partial charge in [-0.3, -0.25) is 9.88 Å². The Bertz CT molecular complexity index is 1020. The van der Waals surface area contributed by atoms with E-state index < -0.39 is 11.7 Å². The van der Waals surface area contributed by atoms with Crippen molar-refractivity contribution in [2.75, 3.05) is 7.05 Å². The summed E-state index contributed by atoms with van der Waals surface area (Å²) in [6.45, 7) is 9.74. The van der Waals surface area contributed by atoms with Crippen molar-refractivity contribution in [1.29, 1.82) is 0 Å². The van der Waals surface area contributed by atoms with Crippen molar-refractivity contribution in [3.8, 4) is 11.3 Å². The second-order valence-electron chi connectivity index (χ2n) is 8.41. The Kier molecular flexibility index (Phi) is 7.40. The average molecular weight is 441 g/mol. The average Bonchev–Trinajstić information content (AvgIpc) is 2.75. The molecule has 0 radical (unpaired) electrons. The van der Waals surface area contributed by atoms with Gasteiger partial charge in [0, 0.05) is 24.3 Å². The van der Waals surface area contributed by atoms with E-state index in [1.54, 1.807) is 12.1 Å². The van der Waals surface area contributed by atoms with E-state index in [4.69, 9.17) is 4.98 Å². The number of rotatable bonds is 7. The molecule has 0 N–H and O–H groups in total. The van der Waals surface area contributed by atoms with Crippen LogP contribution in [-0.2, 0) is 32.1 Å². The summed E-state index contributed by atoms with van der Waals surface area (Å²) in [5.41, 5.74) is 8.45. The van der Waals surface area contributed by atoms with Gasteiger partial charge in [0.25, 0.3) is 0 Å². The van der Waals surface area contributed by atoms with E-state index in [0.717, 1.165) is 47.5 Å². The number of aryl methyl sites for hydroxylation is 4. The van der Waals surface area contributed by atoms with Crippen molar-refractivity contribution in [3.63, 3.8) is 0 Å². The van der Waals surface area contributed by atoms with Crippen molar-refractivity contribution in [3.05, 3.63) is 87.6 Å². The van der Waals surface area contributed by atoms with Crippen LogP contribution < -0.4 is 0 Å². The van der Waals surface area contributed by atoms with Crippen LogP contribution >= 0.6 is 0 Å². The normalized spacial score (nSPS) is 11.9. The first kappa shape index (κ1) is 24.0. The standard InChI is InChI=1S/C27H31F3N2/c1-6-21-9-8-10-22(7-2)26(21)25-15-18(3)24(19(4)31-25)17-32(5)16-20-11-13-23(14-12-20)27(28,29)30/h8-15H,6-7,16-17H2,1-5H3. The van der Waals surface area contributed by atoms with Crippen molar-refractivity contribution >= 4 is 0 Å². The topological polar surface area (TPSA) is 16.1 Å². The highest BCUT2D eigenvalue weighted by atomic mass is 19.4. The molecule has 2 nitrogen and oxygen atoms in total. The molecular weight excluding hydrogens is 409 g/mol. The summed E-state index contributed by atoms with van der Waals surface area (Å²) in [5, 5.41) is 0. The van der Waals surface area contributed by atoms with Gasteiger partial charge in [0.15, 0.2) is 0 Å². The Hall–Kier alpha value is -2.66. The fourth-order valence-corrected chi connectivity index (χ4v) is 4.23.